The number of nitrogens with one attached hydrogen (secondary N) is 1. The van der Waals surface area contributed by atoms with Gasteiger partial charge in [0.05, 0.1) is 12.0 Å². The predicted octanol–water partition coefficient (Wildman–Crippen LogP) is 3.53. The Bertz CT molecular complexity index is 944. The second-order valence-electron chi connectivity index (χ2n) is 5.87. The van der Waals surface area contributed by atoms with Crippen molar-refractivity contribution < 1.29 is 19.1 Å². The summed E-state index contributed by atoms with van der Waals surface area (Å²) in [4.78, 5) is 24.0. The van der Waals surface area contributed by atoms with Crippen LogP contribution in [0.3, 0.4) is 0 Å². The van der Waals surface area contributed by atoms with Crippen LogP contribution in [-0.4, -0.2) is 28.3 Å². The highest BCUT2D eigenvalue weighted by Gasteiger charge is 2.33. The molecule has 0 atom stereocenters. The Morgan fingerprint density at radius 1 is 1.21 bits per heavy atom. The minimum absolute atomic E-state index is 0.279. The van der Waals surface area contributed by atoms with Crippen molar-refractivity contribution in [3.05, 3.63) is 64.6 Å². The van der Waals surface area contributed by atoms with Crippen LogP contribution in [0.1, 0.15) is 18.1 Å². The number of hydrogen-bond acceptors (Lipinski definition) is 6. The lowest BCUT2D eigenvalue weighted by Crippen LogP contribution is -2.43. The molecule has 2 amide bonds. The number of benzene rings is 2. The van der Waals surface area contributed by atoms with Crippen molar-refractivity contribution >= 4 is 46.2 Å². The van der Waals surface area contributed by atoms with Crippen LogP contribution in [0.4, 0.5) is 0 Å². The van der Waals surface area contributed by atoms with Gasteiger partial charge in [0.15, 0.2) is 15.8 Å². The number of rotatable bonds is 6. The summed E-state index contributed by atoms with van der Waals surface area (Å²) in [6.45, 7) is 1.74. The fraction of sp³-hybridized carbons (Fsp3) is 0.150. The molecule has 8 heteroatoms. The Kier molecular flexibility index (Phi) is 6.33. The molecule has 0 bridgehead atoms. The number of carbonyl (C=O) groups excluding carboxylic acids is 2. The number of hydrazine groups is 1. The fourth-order valence-electron chi connectivity index (χ4n) is 2.50. The number of methoxy groups -OCH3 is 1. The summed E-state index contributed by atoms with van der Waals surface area (Å²) in [7, 11) is 1.56. The molecule has 2 aromatic carbocycles. The molecule has 1 fully saturated rings. The van der Waals surface area contributed by atoms with Gasteiger partial charge in [0, 0.05) is 6.92 Å². The van der Waals surface area contributed by atoms with Crippen LogP contribution in [0.25, 0.3) is 6.08 Å². The lowest BCUT2D eigenvalue weighted by Gasteiger charge is -2.13. The number of ether oxygens (including phenoxy) is 2. The SMILES string of the molecule is COc1cc(/C=C2\SC(=S)N(NC(C)=O)C2=O)ccc1OCc1ccccc1. The molecule has 0 spiro atoms. The van der Waals surface area contributed by atoms with Crippen LogP contribution < -0.4 is 14.9 Å². The van der Waals surface area contributed by atoms with Gasteiger partial charge in [-0.1, -0.05) is 48.2 Å². The molecule has 0 aromatic heterocycles. The Balaban J connectivity index is 1.76. The quantitative estimate of drug-likeness (QED) is 0.576. The molecule has 1 aliphatic rings. The third kappa shape index (κ3) is 4.71. The summed E-state index contributed by atoms with van der Waals surface area (Å²) in [5.74, 6) is 0.434. The van der Waals surface area contributed by atoms with Crippen molar-refractivity contribution in [3.8, 4) is 11.5 Å². The molecule has 0 unspecified atom stereocenters. The van der Waals surface area contributed by atoms with Crippen LogP contribution in [-0.2, 0) is 16.2 Å². The van der Waals surface area contributed by atoms with Crippen molar-refractivity contribution in [2.75, 3.05) is 7.11 Å². The van der Waals surface area contributed by atoms with Crippen LogP contribution in [0.2, 0.25) is 0 Å². The molecule has 6 nitrogen and oxygen atoms in total. The second-order valence-corrected chi connectivity index (χ2v) is 7.55. The predicted molar refractivity (Wildman–Crippen MR) is 113 cm³/mol. The maximum Gasteiger partial charge on any atom is 0.285 e. The largest absolute Gasteiger partial charge is 0.493 e. The topological polar surface area (TPSA) is 67.9 Å². The Labute approximate surface area is 172 Å². The maximum atomic E-state index is 12.4. The summed E-state index contributed by atoms with van der Waals surface area (Å²) in [5, 5.41) is 1.07. The second kappa shape index (κ2) is 8.90. The first-order valence-electron chi connectivity index (χ1n) is 8.38. The molecule has 2 aromatic rings. The third-order valence-corrected chi connectivity index (χ3v) is 5.09. The maximum absolute atomic E-state index is 12.4. The molecule has 3 rings (SSSR count). The summed E-state index contributed by atoms with van der Waals surface area (Å²) < 4.78 is 11.5. The van der Waals surface area contributed by atoms with Crippen LogP contribution >= 0.6 is 24.0 Å². The van der Waals surface area contributed by atoms with Crippen molar-refractivity contribution in [3.63, 3.8) is 0 Å². The zero-order valence-corrected chi connectivity index (χ0v) is 16.9. The van der Waals surface area contributed by atoms with E-state index >= 15 is 0 Å². The van der Waals surface area contributed by atoms with E-state index in [4.69, 9.17) is 21.7 Å². The van der Waals surface area contributed by atoms with Gasteiger partial charge in [-0.2, -0.15) is 5.01 Å². The van der Waals surface area contributed by atoms with E-state index < -0.39 is 0 Å². The molecule has 1 saturated heterocycles. The van der Waals surface area contributed by atoms with E-state index in [-0.39, 0.29) is 16.1 Å². The Morgan fingerprint density at radius 2 is 1.96 bits per heavy atom. The summed E-state index contributed by atoms with van der Waals surface area (Å²) in [6, 6.07) is 15.2. The highest BCUT2D eigenvalue weighted by atomic mass is 32.2. The normalized spacial score (nSPS) is 15.1. The molecule has 1 heterocycles. The van der Waals surface area contributed by atoms with Gasteiger partial charge in [-0.25, -0.2) is 0 Å². The molecule has 0 saturated carbocycles. The number of thioether (sulfide) groups is 1. The zero-order chi connectivity index (χ0) is 20.1. The van der Waals surface area contributed by atoms with Crippen LogP contribution in [0.5, 0.6) is 11.5 Å². The number of thiocarbonyl (C=S) groups is 1. The first-order valence-corrected chi connectivity index (χ1v) is 9.60. The van der Waals surface area contributed by atoms with Crippen LogP contribution in [0.15, 0.2) is 53.4 Å². The average Bonchev–Trinajstić information content (AvgIpc) is 2.94. The first-order chi connectivity index (χ1) is 13.5. The molecule has 0 radical (unpaired) electrons. The van der Waals surface area contributed by atoms with E-state index in [9.17, 15) is 9.59 Å². The van der Waals surface area contributed by atoms with Gasteiger partial charge in [0.25, 0.3) is 5.91 Å². The molecule has 28 heavy (non-hydrogen) atoms. The first kappa shape index (κ1) is 19.9. The smallest absolute Gasteiger partial charge is 0.285 e. The van der Waals surface area contributed by atoms with E-state index in [1.165, 1.54) is 6.92 Å². The average molecular weight is 415 g/mol. The highest BCUT2D eigenvalue weighted by molar-refractivity contribution is 8.26. The van der Waals surface area contributed by atoms with E-state index in [0.29, 0.717) is 23.0 Å². The van der Waals surface area contributed by atoms with Crippen molar-refractivity contribution in [2.45, 2.75) is 13.5 Å². The van der Waals surface area contributed by atoms with Crippen molar-refractivity contribution in [1.82, 2.24) is 10.4 Å². The van der Waals surface area contributed by atoms with Gasteiger partial charge in [-0.15, -0.1) is 0 Å². The van der Waals surface area contributed by atoms with E-state index in [2.05, 4.69) is 5.43 Å². The van der Waals surface area contributed by atoms with E-state index in [0.717, 1.165) is 27.9 Å². The van der Waals surface area contributed by atoms with Gasteiger partial charge in [0.2, 0.25) is 5.91 Å². The number of nitrogens with zero attached hydrogens (tertiary/aromatic N) is 1. The molecular formula is C20H18N2O4S2. The fourth-order valence-corrected chi connectivity index (χ4v) is 3.68. The minimum Gasteiger partial charge on any atom is -0.493 e. The summed E-state index contributed by atoms with van der Waals surface area (Å²) >= 11 is 6.27. The molecule has 0 aliphatic carbocycles. The molecule has 1 aliphatic heterocycles. The number of hydrogen-bond donors (Lipinski definition) is 1. The van der Waals surface area contributed by atoms with Gasteiger partial charge in [-0.3, -0.25) is 15.0 Å². The Morgan fingerprint density at radius 3 is 2.64 bits per heavy atom. The van der Waals surface area contributed by atoms with E-state index in [1.54, 1.807) is 25.3 Å². The number of amides is 2. The lowest BCUT2D eigenvalue weighted by atomic mass is 10.2. The number of carbonyl (C=O) groups is 2. The van der Waals surface area contributed by atoms with Crippen LogP contribution in [0, 0.1) is 0 Å². The van der Waals surface area contributed by atoms with Gasteiger partial charge in [0.1, 0.15) is 6.61 Å². The lowest BCUT2D eigenvalue weighted by molar-refractivity contribution is -0.131. The third-order valence-electron chi connectivity index (χ3n) is 3.79. The Hall–Kier alpha value is -2.84. The summed E-state index contributed by atoms with van der Waals surface area (Å²) in [5.41, 5.74) is 4.23. The monoisotopic (exact) mass is 414 g/mol. The standard InChI is InChI=1S/C20H18N2O4S2/c1-13(23)21-22-19(24)18(28-20(22)27)11-15-8-9-16(17(10-15)25-2)26-12-14-6-4-3-5-7-14/h3-11H,12H2,1-2H3,(H,21,23)/b18-11-. The summed E-state index contributed by atoms with van der Waals surface area (Å²) in [6.07, 6.45) is 1.70. The van der Waals surface area contributed by atoms with Crippen molar-refractivity contribution in [2.24, 2.45) is 0 Å². The van der Waals surface area contributed by atoms with Gasteiger partial charge in [-0.05, 0) is 41.6 Å². The van der Waals surface area contributed by atoms with Gasteiger partial charge >= 0.3 is 0 Å². The van der Waals surface area contributed by atoms with E-state index in [1.807, 2.05) is 36.4 Å². The molecule has 144 valence electrons. The highest BCUT2D eigenvalue weighted by Crippen LogP contribution is 2.34. The zero-order valence-electron chi connectivity index (χ0n) is 15.3. The molecular weight excluding hydrogens is 396 g/mol. The van der Waals surface area contributed by atoms with Crippen molar-refractivity contribution in [1.29, 1.82) is 0 Å². The van der Waals surface area contributed by atoms with Gasteiger partial charge < -0.3 is 9.47 Å². The molecule has 1 N–H and O–H groups in total. The minimum atomic E-state index is -0.367.